The molecule has 1 aliphatic heterocycles. The van der Waals surface area contributed by atoms with Crippen LogP contribution in [-0.2, 0) is 28.4 Å². The van der Waals surface area contributed by atoms with E-state index >= 15 is 0 Å². The second kappa shape index (κ2) is 8.24. The number of rotatable bonds is 5. The molecule has 5 heteroatoms. The van der Waals surface area contributed by atoms with Crippen molar-refractivity contribution in [2.45, 2.75) is 56.5 Å². The highest BCUT2D eigenvalue weighted by molar-refractivity contribution is 7.92. The predicted molar refractivity (Wildman–Crippen MR) is 139 cm³/mol. The smallest absolute Gasteiger partial charge is 0.229 e. The predicted octanol–water partition coefficient (Wildman–Crippen LogP) is 5.72. The average molecular weight is 473 g/mol. The lowest BCUT2D eigenvalue weighted by Crippen LogP contribution is -2.51. The second-order valence-electron chi connectivity index (χ2n) is 10.5. The molecule has 1 saturated heterocycles. The zero-order valence-electron chi connectivity index (χ0n) is 19.8. The molecule has 0 radical (unpaired) electrons. The Balaban J connectivity index is 1.20. The molecule has 2 atom stereocenters. The fourth-order valence-corrected chi connectivity index (χ4v) is 7.24. The van der Waals surface area contributed by atoms with Gasteiger partial charge in [0.25, 0.3) is 0 Å². The van der Waals surface area contributed by atoms with Gasteiger partial charge in [-0.2, -0.15) is 0 Å². The van der Waals surface area contributed by atoms with E-state index in [2.05, 4.69) is 64.2 Å². The van der Waals surface area contributed by atoms with Gasteiger partial charge < -0.3 is 0 Å². The van der Waals surface area contributed by atoms with Crippen LogP contribution in [0, 0.1) is 0 Å². The highest BCUT2D eigenvalue weighted by Crippen LogP contribution is 2.48. The summed E-state index contributed by atoms with van der Waals surface area (Å²) in [6.45, 7) is 2.10. The number of benzene rings is 3. The number of hydrogen-bond acceptors (Lipinski definition) is 3. The van der Waals surface area contributed by atoms with Crippen LogP contribution in [0.15, 0.2) is 66.7 Å². The Morgan fingerprint density at radius 3 is 2.71 bits per heavy atom. The maximum absolute atomic E-state index is 11.7. The van der Waals surface area contributed by atoms with Crippen LogP contribution in [0.5, 0.6) is 0 Å². The number of anilines is 1. The van der Waals surface area contributed by atoms with Crippen molar-refractivity contribution >= 4 is 15.7 Å². The topological polar surface area (TPSA) is 49.4 Å². The minimum Gasteiger partial charge on any atom is -0.296 e. The Kier molecular flexibility index (Phi) is 5.30. The van der Waals surface area contributed by atoms with Crippen LogP contribution in [0.4, 0.5) is 5.69 Å². The summed E-state index contributed by atoms with van der Waals surface area (Å²) in [5.74, 6) is 0. The van der Waals surface area contributed by atoms with Gasteiger partial charge in [-0.1, -0.05) is 61.0 Å². The zero-order valence-corrected chi connectivity index (χ0v) is 20.6. The molecule has 1 N–H and O–H groups in total. The van der Waals surface area contributed by atoms with Crippen molar-refractivity contribution < 1.29 is 8.42 Å². The largest absolute Gasteiger partial charge is 0.296 e. The molecule has 3 aromatic rings. The molecule has 1 saturated carbocycles. The molecule has 3 aromatic carbocycles. The number of nitrogens with one attached hydrogen (secondary N) is 1. The van der Waals surface area contributed by atoms with Crippen LogP contribution < -0.4 is 4.72 Å². The van der Waals surface area contributed by atoms with E-state index in [4.69, 9.17) is 0 Å². The van der Waals surface area contributed by atoms with Gasteiger partial charge in [0.15, 0.2) is 0 Å². The number of piperidine rings is 1. The van der Waals surface area contributed by atoms with Gasteiger partial charge in [0.2, 0.25) is 10.0 Å². The molecule has 2 aliphatic carbocycles. The molecule has 1 heterocycles. The molecule has 176 valence electrons. The van der Waals surface area contributed by atoms with Crippen LogP contribution >= 0.6 is 0 Å². The zero-order chi connectivity index (χ0) is 23.3. The Bertz CT molecular complexity index is 1350. The van der Waals surface area contributed by atoms with E-state index in [1.54, 1.807) is 0 Å². The summed E-state index contributed by atoms with van der Waals surface area (Å²) in [4.78, 5) is 2.69. The van der Waals surface area contributed by atoms with E-state index in [1.165, 1.54) is 58.9 Å². The minimum absolute atomic E-state index is 0.161. The molecule has 2 bridgehead atoms. The van der Waals surface area contributed by atoms with Gasteiger partial charge in [0.05, 0.1) is 6.26 Å². The highest BCUT2D eigenvalue weighted by atomic mass is 32.2. The average Bonchev–Trinajstić information content (AvgIpc) is 3.18. The maximum atomic E-state index is 11.7. The van der Waals surface area contributed by atoms with Crippen LogP contribution in [0.1, 0.15) is 54.4 Å². The van der Waals surface area contributed by atoms with Gasteiger partial charge in [-0.05, 0) is 89.6 Å². The van der Waals surface area contributed by atoms with Crippen LogP contribution in [-0.4, -0.2) is 32.2 Å². The summed E-state index contributed by atoms with van der Waals surface area (Å²) in [7, 11) is -3.27. The highest BCUT2D eigenvalue weighted by Gasteiger charge is 2.43. The molecule has 0 amide bonds. The molecule has 2 fully saturated rings. The van der Waals surface area contributed by atoms with E-state index < -0.39 is 10.0 Å². The third-order valence-electron chi connectivity index (χ3n) is 8.23. The molecular formula is C29H32N2O2S. The van der Waals surface area contributed by atoms with E-state index in [-0.39, 0.29) is 5.41 Å². The van der Waals surface area contributed by atoms with Gasteiger partial charge in [-0.3, -0.25) is 9.62 Å². The lowest BCUT2D eigenvalue weighted by Gasteiger charge is -2.51. The first-order chi connectivity index (χ1) is 16.4. The standard InChI is InChI=1S/C29H32N2O2S/c1-34(32,33)30-25-8-4-7-24(18-25)29-13-5-9-26(19-29)31(15-14-29)20-21-11-12-28-23(16-21)17-22-6-2-3-10-27(22)28/h2-4,6-8,10-12,16,18,26,30H,5,9,13-15,17,19-20H2,1H3. The first kappa shape index (κ1) is 21.9. The minimum atomic E-state index is -3.27. The van der Waals surface area contributed by atoms with Crippen molar-refractivity contribution in [2.24, 2.45) is 0 Å². The Morgan fingerprint density at radius 1 is 0.971 bits per heavy atom. The third kappa shape index (κ3) is 4.05. The van der Waals surface area contributed by atoms with Gasteiger partial charge in [0.1, 0.15) is 0 Å². The Labute approximate surface area is 203 Å². The summed E-state index contributed by atoms with van der Waals surface area (Å²) >= 11 is 0. The number of nitrogens with zero attached hydrogens (tertiary/aromatic N) is 1. The fraction of sp³-hybridized carbons (Fsp3) is 0.379. The van der Waals surface area contributed by atoms with Crippen molar-refractivity contribution in [3.8, 4) is 11.1 Å². The molecule has 6 rings (SSSR count). The quantitative estimate of drug-likeness (QED) is 0.404. The molecule has 0 aromatic heterocycles. The van der Waals surface area contributed by atoms with Gasteiger partial charge in [0, 0.05) is 18.3 Å². The summed E-state index contributed by atoms with van der Waals surface area (Å²) in [6.07, 6.45) is 8.21. The van der Waals surface area contributed by atoms with Crippen LogP contribution in [0.3, 0.4) is 0 Å². The van der Waals surface area contributed by atoms with E-state index in [0.29, 0.717) is 11.7 Å². The van der Waals surface area contributed by atoms with Crippen molar-refractivity contribution in [2.75, 3.05) is 17.5 Å². The van der Waals surface area contributed by atoms with E-state index in [0.717, 1.165) is 32.4 Å². The van der Waals surface area contributed by atoms with Gasteiger partial charge in [-0.25, -0.2) is 8.42 Å². The van der Waals surface area contributed by atoms with Crippen LogP contribution in [0.25, 0.3) is 11.1 Å². The molecule has 34 heavy (non-hydrogen) atoms. The number of sulfonamides is 1. The van der Waals surface area contributed by atoms with Crippen molar-refractivity contribution in [1.82, 2.24) is 4.90 Å². The maximum Gasteiger partial charge on any atom is 0.229 e. The Morgan fingerprint density at radius 2 is 1.82 bits per heavy atom. The van der Waals surface area contributed by atoms with Crippen molar-refractivity contribution in [3.63, 3.8) is 0 Å². The molecule has 0 spiro atoms. The first-order valence-corrected chi connectivity index (χ1v) is 14.3. The van der Waals surface area contributed by atoms with Crippen molar-refractivity contribution in [1.29, 1.82) is 0 Å². The molecule has 4 nitrogen and oxygen atoms in total. The Hall–Kier alpha value is -2.63. The van der Waals surface area contributed by atoms with E-state index in [9.17, 15) is 8.42 Å². The van der Waals surface area contributed by atoms with E-state index in [1.807, 2.05) is 12.1 Å². The SMILES string of the molecule is CS(=O)(=O)Nc1cccc(C23CCCC(C2)N(Cc2ccc4c(c2)Cc2ccccc2-4)CC3)c1. The summed E-state index contributed by atoms with van der Waals surface area (Å²) in [5.41, 5.74) is 9.25. The summed E-state index contributed by atoms with van der Waals surface area (Å²) < 4.78 is 26.1. The third-order valence-corrected chi connectivity index (χ3v) is 8.84. The monoisotopic (exact) mass is 472 g/mol. The lowest BCUT2D eigenvalue weighted by atomic mass is 9.63. The normalized spacial score (nSPS) is 23.9. The van der Waals surface area contributed by atoms with Gasteiger partial charge >= 0.3 is 0 Å². The molecule has 2 unspecified atom stereocenters. The lowest BCUT2D eigenvalue weighted by molar-refractivity contribution is 0.0459. The fourth-order valence-electron chi connectivity index (χ4n) is 6.68. The summed E-state index contributed by atoms with van der Waals surface area (Å²) in [6, 6.07) is 24.5. The van der Waals surface area contributed by atoms with Gasteiger partial charge in [-0.15, -0.1) is 0 Å². The number of likely N-dealkylation sites (tertiary alicyclic amines) is 1. The molecular weight excluding hydrogens is 440 g/mol. The van der Waals surface area contributed by atoms with Crippen LogP contribution in [0.2, 0.25) is 0 Å². The summed E-state index contributed by atoms with van der Waals surface area (Å²) in [5, 5.41) is 0. The van der Waals surface area contributed by atoms with Crippen molar-refractivity contribution in [3.05, 3.63) is 89.0 Å². The molecule has 3 aliphatic rings. The number of fused-ring (bicyclic) bond motifs is 5. The first-order valence-electron chi connectivity index (χ1n) is 12.4. The second-order valence-corrected chi connectivity index (χ2v) is 12.3. The number of hydrogen-bond donors (Lipinski definition) is 1.